The standard InChI is InChI=1S/C9H14BrN3O2/c1-2-6(14)3-4-11-8-7(10)9(15)13-5-12-8/h5-6,14H,2-4H2,1H3,(H2,11,12,13,15). The van der Waals surface area contributed by atoms with Crippen molar-refractivity contribution in [2.75, 3.05) is 11.9 Å². The van der Waals surface area contributed by atoms with E-state index in [1.165, 1.54) is 6.33 Å². The molecule has 3 N–H and O–H groups in total. The van der Waals surface area contributed by atoms with E-state index in [-0.39, 0.29) is 11.7 Å². The number of aliphatic hydroxyl groups is 1. The summed E-state index contributed by atoms with van der Waals surface area (Å²) in [5, 5.41) is 12.3. The van der Waals surface area contributed by atoms with E-state index in [1.807, 2.05) is 6.92 Å². The van der Waals surface area contributed by atoms with Crippen molar-refractivity contribution in [2.24, 2.45) is 0 Å². The number of hydrogen-bond donors (Lipinski definition) is 3. The number of halogens is 1. The fourth-order valence-electron chi connectivity index (χ4n) is 1.07. The molecule has 1 unspecified atom stereocenters. The van der Waals surface area contributed by atoms with Crippen LogP contribution in [0, 0.1) is 0 Å². The highest BCUT2D eigenvalue weighted by molar-refractivity contribution is 9.10. The minimum Gasteiger partial charge on any atom is -0.393 e. The summed E-state index contributed by atoms with van der Waals surface area (Å²) in [5.41, 5.74) is -0.219. The molecular weight excluding hydrogens is 262 g/mol. The first-order chi connectivity index (χ1) is 7.15. The molecule has 84 valence electrons. The minimum atomic E-state index is -0.307. The van der Waals surface area contributed by atoms with E-state index < -0.39 is 0 Å². The van der Waals surface area contributed by atoms with Crippen LogP contribution in [0.15, 0.2) is 15.6 Å². The third kappa shape index (κ3) is 3.64. The molecule has 0 saturated carbocycles. The van der Waals surface area contributed by atoms with E-state index in [4.69, 9.17) is 0 Å². The second-order valence-electron chi connectivity index (χ2n) is 3.17. The lowest BCUT2D eigenvalue weighted by atomic mass is 10.2. The minimum absolute atomic E-state index is 0.219. The molecule has 0 bridgehead atoms. The Bertz CT molecular complexity index is 367. The van der Waals surface area contributed by atoms with Crippen molar-refractivity contribution in [2.45, 2.75) is 25.9 Å². The molecule has 1 rings (SSSR count). The van der Waals surface area contributed by atoms with Crippen molar-refractivity contribution < 1.29 is 5.11 Å². The van der Waals surface area contributed by atoms with Crippen molar-refractivity contribution in [1.82, 2.24) is 9.97 Å². The Kier molecular flexibility index (Phi) is 4.77. The van der Waals surface area contributed by atoms with Crippen molar-refractivity contribution in [3.05, 3.63) is 21.2 Å². The molecule has 0 aromatic carbocycles. The zero-order valence-electron chi connectivity index (χ0n) is 8.46. The molecule has 0 aliphatic carbocycles. The summed E-state index contributed by atoms with van der Waals surface area (Å²) in [6.07, 6.45) is 2.40. The number of nitrogens with one attached hydrogen (secondary N) is 2. The first-order valence-electron chi connectivity index (χ1n) is 4.80. The van der Waals surface area contributed by atoms with E-state index >= 15 is 0 Å². The highest BCUT2D eigenvalue weighted by Gasteiger charge is 2.05. The first-order valence-corrected chi connectivity index (χ1v) is 5.59. The fraction of sp³-hybridized carbons (Fsp3) is 0.556. The molecule has 15 heavy (non-hydrogen) atoms. The van der Waals surface area contributed by atoms with Crippen LogP contribution in [0.4, 0.5) is 5.82 Å². The van der Waals surface area contributed by atoms with Gasteiger partial charge in [-0.05, 0) is 28.8 Å². The van der Waals surface area contributed by atoms with Gasteiger partial charge in [0.25, 0.3) is 5.56 Å². The predicted molar refractivity (Wildman–Crippen MR) is 62.0 cm³/mol. The van der Waals surface area contributed by atoms with E-state index in [2.05, 4.69) is 31.2 Å². The van der Waals surface area contributed by atoms with Crippen molar-refractivity contribution in [3.63, 3.8) is 0 Å². The molecule has 1 aromatic rings. The van der Waals surface area contributed by atoms with Crippen molar-refractivity contribution in [1.29, 1.82) is 0 Å². The Labute approximate surface area is 96.1 Å². The van der Waals surface area contributed by atoms with Crippen LogP contribution in [0.5, 0.6) is 0 Å². The van der Waals surface area contributed by atoms with Crippen LogP contribution in [-0.2, 0) is 0 Å². The predicted octanol–water partition coefficient (Wildman–Crippen LogP) is 1.11. The quantitative estimate of drug-likeness (QED) is 0.752. The third-order valence-electron chi connectivity index (χ3n) is 2.04. The molecule has 1 aromatic heterocycles. The molecule has 0 aliphatic rings. The highest BCUT2D eigenvalue weighted by Crippen LogP contribution is 2.13. The molecule has 0 spiro atoms. The smallest absolute Gasteiger partial charge is 0.267 e. The monoisotopic (exact) mass is 275 g/mol. The normalized spacial score (nSPS) is 12.5. The Morgan fingerprint density at radius 1 is 1.73 bits per heavy atom. The highest BCUT2D eigenvalue weighted by atomic mass is 79.9. The average Bonchev–Trinajstić information content (AvgIpc) is 2.24. The van der Waals surface area contributed by atoms with Crippen LogP contribution in [0.1, 0.15) is 19.8 Å². The van der Waals surface area contributed by atoms with Gasteiger partial charge in [0, 0.05) is 6.54 Å². The maximum atomic E-state index is 11.2. The van der Waals surface area contributed by atoms with E-state index in [9.17, 15) is 9.90 Å². The molecule has 5 nitrogen and oxygen atoms in total. The summed E-state index contributed by atoms with van der Waals surface area (Å²) in [6.45, 7) is 2.51. The Hall–Kier alpha value is -0.880. The van der Waals surface area contributed by atoms with Crippen molar-refractivity contribution in [3.8, 4) is 0 Å². The van der Waals surface area contributed by atoms with Crippen LogP contribution < -0.4 is 10.9 Å². The number of aliphatic hydroxyl groups excluding tert-OH is 1. The second-order valence-corrected chi connectivity index (χ2v) is 3.96. The molecule has 1 heterocycles. The van der Waals surface area contributed by atoms with E-state index in [0.29, 0.717) is 23.3 Å². The summed E-state index contributed by atoms with van der Waals surface area (Å²) in [5.74, 6) is 0.502. The summed E-state index contributed by atoms with van der Waals surface area (Å²) >= 11 is 3.13. The van der Waals surface area contributed by atoms with Gasteiger partial charge < -0.3 is 15.4 Å². The van der Waals surface area contributed by atoms with Crippen LogP contribution >= 0.6 is 15.9 Å². The second kappa shape index (κ2) is 5.87. The van der Waals surface area contributed by atoms with Crippen molar-refractivity contribution >= 4 is 21.7 Å². The Morgan fingerprint density at radius 3 is 3.13 bits per heavy atom. The summed E-state index contributed by atoms with van der Waals surface area (Å²) in [7, 11) is 0. The van der Waals surface area contributed by atoms with Gasteiger partial charge in [-0.1, -0.05) is 6.92 Å². The Morgan fingerprint density at radius 2 is 2.47 bits per heavy atom. The number of hydrogen-bond acceptors (Lipinski definition) is 4. The zero-order chi connectivity index (χ0) is 11.3. The summed E-state index contributed by atoms with van der Waals surface area (Å²) in [6, 6.07) is 0. The molecule has 0 radical (unpaired) electrons. The lowest BCUT2D eigenvalue weighted by Crippen LogP contribution is -2.16. The van der Waals surface area contributed by atoms with Gasteiger partial charge in [-0.25, -0.2) is 4.98 Å². The number of aromatic nitrogens is 2. The zero-order valence-corrected chi connectivity index (χ0v) is 10.0. The summed E-state index contributed by atoms with van der Waals surface area (Å²) in [4.78, 5) is 17.6. The average molecular weight is 276 g/mol. The molecular formula is C9H14BrN3O2. The number of anilines is 1. The SMILES string of the molecule is CCC(O)CCNc1nc[nH]c(=O)c1Br. The van der Waals surface area contributed by atoms with Crippen LogP contribution in [0.25, 0.3) is 0 Å². The van der Waals surface area contributed by atoms with Gasteiger partial charge >= 0.3 is 0 Å². The van der Waals surface area contributed by atoms with Gasteiger partial charge in [0.2, 0.25) is 0 Å². The van der Waals surface area contributed by atoms with Crippen LogP contribution in [-0.4, -0.2) is 27.7 Å². The topological polar surface area (TPSA) is 78.0 Å². The van der Waals surface area contributed by atoms with Crippen LogP contribution in [0.3, 0.4) is 0 Å². The fourth-order valence-corrected chi connectivity index (χ4v) is 1.42. The molecule has 0 amide bonds. The molecule has 0 fully saturated rings. The lowest BCUT2D eigenvalue weighted by molar-refractivity contribution is 0.164. The van der Waals surface area contributed by atoms with Gasteiger partial charge in [0.15, 0.2) is 0 Å². The van der Waals surface area contributed by atoms with Gasteiger partial charge in [0.1, 0.15) is 10.3 Å². The first kappa shape index (κ1) is 12.2. The number of rotatable bonds is 5. The van der Waals surface area contributed by atoms with E-state index in [1.54, 1.807) is 0 Å². The maximum Gasteiger partial charge on any atom is 0.267 e. The van der Waals surface area contributed by atoms with Gasteiger partial charge in [-0.2, -0.15) is 0 Å². The Balaban J connectivity index is 2.51. The van der Waals surface area contributed by atoms with Gasteiger partial charge in [0.05, 0.1) is 12.4 Å². The van der Waals surface area contributed by atoms with Gasteiger partial charge in [-0.3, -0.25) is 4.79 Å². The number of nitrogens with zero attached hydrogens (tertiary/aromatic N) is 1. The van der Waals surface area contributed by atoms with Crippen LogP contribution in [0.2, 0.25) is 0 Å². The van der Waals surface area contributed by atoms with Gasteiger partial charge in [-0.15, -0.1) is 0 Å². The van der Waals surface area contributed by atoms with E-state index in [0.717, 1.165) is 6.42 Å². The summed E-state index contributed by atoms with van der Waals surface area (Å²) < 4.78 is 0.385. The molecule has 0 saturated heterocycles. The number of H-pyrrole nitrogens is 1. The molecule has 1 atom stereocenters. The number of aromatic amines is 1. The molecule has 0 aliphatic heterocycles. The largest absolute Gasteiger partial charge is 0.393 e. The maximum absolute atomic E-state index is 11.2. The molecule has 6 heteroatoms. The third-order valence-corrected chi connectivity index (χ3v) is 2.77. The lowest BCUT2D eigenvalue weighted by Gasteiger charge is -2.09.